The van der Waals surface area contributed by atoms with Crippen molar-refractivity contribution in [2.45, 2.75) is 57.4 Å². The monoisotopic (exact) mass is 311 g/mol. The molecule has 0 spiro atoms. The molecule has 0 amide bonds. The molecule has 118 valence electrons. The first-order chi connectivity index (χ1) is 9.79. The zero-order valence-electron chi connectivity index (χ0n) is 13.4. The average Bonchev–Trinajstić information content (AvgIpc) is 2.82. The molecule has 1 aromatic rings. The molecule has 0 aromatic carbocycles. The molecule has 2 heterocycles. The van der Waals surface area contributed by atoms with Crippen LogP contribution in [0.3, 0.4) is 0 Å². The maximum atomic E-state index is 14.5. The van der Waals surface area contributed by atoms with E-state index in [4.69, 9.17) is 0 Å². The van der Waals surface area contributed by atoms with E-state index in [1.54, 1.807) is 12.3 Å². The van der Waals surface area contributed by atoms with Crippen molar-refractivity contribution in [2.24, 2.45) is 0 Å². The van der Waals surface area contributed by atoms with E-state index in [-0.39, 0.29) is 16.1 Å². The summed E-state index contributed by atoms with van der Waals surface area (Å²) >= 11 is 1.96. The van der Waals surface area contributed by atoms with E-state index >= 15 is 0 Å². The Morgan fingerprint density at radius 1 is 1.43 bits per heavy atom. The Bertz CT molecular complexity index is 479. The van der Waals surface area contributed by atoms with E-state index in [0.29, 0.717) is 17.9 Å². The molecule has 5 heteroatoms. The van der Waals surface area contributed by atoms with E-state index in [1.807, 2.05) is 11.8 Å². The number of hydrogen-bond acceptors (Lipinski definition) is 4. The predicted octanol–water partition coefficient (Wildman–Crippen LogP) is 3.81. The van der Waals surface area contributed by atoms with Gasteiger partial charge in [0.25, 0.3) is 0 Å². The molecule has 2 rings (SSSR count). The smallest absolute Gasteiger partial charge is 0.169 e. The van der Waals surface area contributed by atoms with E-state index in [2.05, 4.69) is 43.3 Å². The molecule has 21 heavy (non-hydrogen) atoms. The van der Waals surface area contributed by atoms with Crippen molar-refractivity contribution in [3.05, 3.63) is 23.6 Å². The Kier molecular flexibility index (Phi) is 5.15. The number of hydrogen-bond donors (Lipinski definition) is 2. The molecule has 0 bridgehead atoms. The quantitative estimate of drug-likeness (QED) is 0.867. The fourth-order valence-electron chi connectivity index (χ4n) is 2.35. The van der Waals surface area contributed by atoms with Crippen LogP contribution < -0.4 is 10.6 Å². The lowest BCUT2D eigenvalue weighted by Crippen LogP contribution is -2.35. The number of halogens is 1. The summed E-state index contributed by atoms with van der Waals surface area (Å²) in [4.78, 5) is 4.15. The Balaban J connectivity index is 2.00. The second kappa shape index (κ2) is 6.53. The minimum absolute atomic E-state index is 0.0305. The number of nitrogens with zero attached hydrogens (tertiary/aromatic N) is 1. The molecule has 1 fully saturated rings. The highest BCUT2D eigenvalue weighted by Gasteiger charge is 2.29. The molecular formula is C16H26FN3S. The molecule has 0 radical (unpaired) electrons. The molecule has 1 atom stereocenters. The van der Waals surface area contributed by atoms with Crippen LogP contribution in [0.15, 0.2) is 12.3 Å². The third-order valence-corrected chi connectivity index (χ3v) is 5.25. The zero-order valence-corrected chi connectivity index (χ0v) is 14.2. The van der Waals surface area contributed by atoms with Gasteiger partial charge in [0.15, 0.2) is 11.6 Å². The highest BCUT2D eigenvalue weighted by molar-refractivity contribution is 8.00. The Morgan fingerprint density at radius 3 is 2.81 bits per heavy atom. The minimum atomic E-state index is -0.235. The number of anilines is 1. The molecule has 1 saturated heterocycles. The van der Waals surface area contributed by atoms with E-state index in [9.17, 15) is 4.39 Å². The lowest BCUT2D eigenvalue weighted by molar-refractivity contribution is 0.418. The van der Waals surface area contributed by atoms with Gasteiger partial charge >= 0.3 is 0 Å². The Labute approximate surface area is 131 Å². The maximum absolute atomic E-state index is 14.5. The molecule has 0 aliphatic carbocycles. The van der Waals surface area contributed by atoms with Gasteiger partial charge in [-0.05, 0) is 52.4 Å². The van der Waals surface area contributed by atoms with Crippen molar-refractivity contribution >= 4 is 17.6 Å². The summed E-state index contributed by atoms with van der Waals surface area (Å²) in [7, 11) is 0. The van der Waals surface area contributed by atoms with Crippen LogP contribution in [0.4, 0.5) is 10.2 Å². The molecule has 1 aromatic heterocycles. The predicted molar refractivity (Wildman–Crippen MR) is 89.4 cm³/mol. The van der Waals surface area contributed by atoms with Gasteiger partial charge < -0.3 is 10.6 Å². The fraction of sp³-hybridized carbons (Fsp3) is 0.688. The summed E-state index contributed by atoms with van der Waals surface area (Å²) in [5.41, 5.74) is 0.628. The zero-order chi connectivity index (χ0) is 15.5. The molecule has 1 unspecified atom stereocenters. The first-order valence-electron chi connectivity index (χ1n) is 7.55. The Morgan fingerprint density at radius 2 is 2.19 bits per heavy atom. The summed E-state index contributed by atoms with van der Waals surface area (Å²) in [5, 5.41) is 6.51. The van der Waals surface area contributed by atoms with Gasteiger partial charge in [-0.2, -0.15) is 11.8 Å². The Hall–Kier alpha value is -0.810. The van der Waals surface area contributed by atoms with Gasteiger partial charge in [0.1, 0.15) is 0 Å². The first-order valence-corrected chi connectivity index (χ1v) is 8.54. The molecule has 0 saturated carbocycles. The summed E-state index contributed by atoms with van der Waals surface area (Å²) in [6.45, 7) is 9.73. The lowest BCUT2D eigenvalue weighted by Gasteiger charge is -2.24. The van der Waals surface area contributed by atoms with Gasteiger partial charge in [-0.3, -0.25) is 0 Å². The van der Waals surface area contributed by atoms with Crippen LogP contribution in [-0.4, -0.2) is 27.6 Å². The van der Waals surface area contributed by atoms with Crippen LogP contribution in [0.25, 0.3) is 0 Å². The third kappa shape index (κ3) is 4.85. The highest BCUT2D eigenvalue weighted by atomic mass is 32.2. The molecule has 1 aliphatic heterocycles. The van der Waals surface area contributed by atoms with Crippen molar-refractivity contribution in [2.75, 3.05) is 17.6 Å². The number of aromatic nitrogens is 1. The topological polar surface area (TPSA) is 37.0 Å². The van der Waals surface area contributed by atoms with E-state index in [1.165, 1.54) is 18.6 Å². The van der Waals surface area contributed by atoms with Crippen molar-refractivity contribution in [3.63, 3.8) is 0 Å². The van der Waals surface area contributed by atoms with Crippen LogP contribution in [0, 0.1) is 5.82 Å². The van der Waals surface area contributed by atoms with Crippen molar-refractivity contribution in [1.82, 2.24) is 10.3 Å². The molecule has 1 aliphatic rings. The first kappa shape index (κ1) is 16.6. The van der Waals surface area contributed by atoms with E-state index in [0.717, 1.165) is 6.54 Å². The van der Waals surface area contributed by atoms with Crippen LogP contribution in [-0.2, 0) is 6.54 Å². The van der Waals surface area contributed by atoms with Gasteiger partial charge in [-0.15, -0.1) is 0 Å². The second-order valence-corrected chi connectivity index (χ2v) is 8.67. The fourth-order valence-corrected chi connectivity index (χ4v) is 3.60. The number of pyridine rings is 1. The van der Waals surface area contributed by atoms with Crippen LogP contribution in [0.5, 0.6) is 0 Å². The van der Waals surface area contributed by atoms with Crippen molar-refractivity contribution < 1.29 is 4.39 Å². The molecule has 3 nitrogen and oxygen atoms in total. The normalized spacial score (nSPS) is 22.5. The molecular weight excluding hydrogens is 285 g/mol. The summed E-state index contributed by atoms with van der Waals surface area (Å²) in [5.74, 6) is 1.33. The average molecular weight is 311 g/mol. The van der Waals surface area contributed by atoms with Gasteiger partial charge in [-0.1, -0.05) is 0 Å². The summed E-state index contributed by atoms with van der Waals surface area (Å²) < 4.78 is 14.7. The highest BCUT2D eigenvalue weighted by Crippen LogP contribution is 2.37. The SMILES string of the molecule is CC(C)(C)NCc1ccnc(NCC2(C)CCCS2)c1F. The van der Waals surface area contributed by atoms with Gasteiger partial charge in [0.2, 0.25) is 0 Å². The largest absolute Gasteiger partial charge is 0.366 e. The summed E-state index contributed by atoms with van der Waals surface area (Å²) in [6.07, 6.45) is 4.10. The van der Waals surface area contributed by atoms with Gasteiger partial charge in [0.05, 0.1) is 0 Å². The van der Waals surface area contributed by atoms with Crippen LogP contribution in [0.1, 0.15) is 46.1 Å². The maximum Gasteiger partial charge on any atom is 0.169 e. The van der Waals surface area contributed by atoms with E-state index < -0.39 is 0 Å². The third-order valence-electron chi connectivity index (χ3n) is 3.71. The summed E-state index contributed by atoms with van der Waals surface area (Å²) in [6, 6.07) is 1.74. The second-order valence-electron chi connectivity index (χ2n) is 6.99. The standard InChI is InChI=1S/C16H26FN3S/c1-15(2,3)20-10-12-6-8-18-14(13(12)17)19-11-16(4)7-5-9-21-16/h6,8,20H,5,7,9-11H2,1-4H3,(H,18,19). The number of thioether (sulfide) groups is 1. The van der Waals surface area contributed by atoms with Crippen LogP contribution in [0.2, 0.25) is 0 Å². The van der Waals surface area contributed by atoms with Crippen molar-refractivity contribution in [3.8, 4) is 0 Å². The lowest BCUT2D eigenvalue weighted by atomic mass is 10.1. The number of nitrogens with one attached hydrogen (secondary N) is 2. The number of rotatable bonds is 5. The minimum Gasteiger partial charge on any atom is -0.366 e. The molecule has 2 N–H and O–H groups in total. The van der Waals surface area contributed by atoms with Crippen LogP contribution >= 0.6 is 11.8 Å². The van der Waals surface area contributed by atoms with Gasteiger partial charge in [0, 0.05) is 35.1 Å². The van der Waals surface area contributed by atoms with Crippen molar-refractivity contribution in [1.29, 1.82) is 0 Å². The van der Waals surface area contributed by atoms with Gasteiger partial charge in [-0.25, -0.2) is 9.37 Å².